The van der Waals surface area contributed by atoms with E-state index in [4.69, 9.17) is 0 Å². The van der Waals surface area contributed by atoms with Crippen molar-refractivity contribution in [3.8, 4) is 0 Å². The van der Waals surface area contributed by atoms with Gasteiger partial charge in [-0.3, -0.25) is 0 Å². The van der Waals surface area contributed by atoms with E-state index in [1.165, 1.54) is 139 Å². The van der Waals surface area contributed by atoms with Gasteiger partial charge in [0.1, 0.15) is 0 Å². The first-order chi connectivity index (χ1) is 30.4. The second kappa shape index (κ2) is 13.0. The van der Waals surface area contributed by atoms with Crippen molar-refractivity contribution in [3.05, 3.63) is 123 Å². The van der Waals surface area contributed by atoms with Gasteiger partial charge in [0.25, 0.3) is 6.71 Å². The van der Waals surface area contributed by atoms with E-state index in [1.807, 2.05) is 0 Å². The molecule has 0 saturated heterocycles. The van der Waals surface area contributed by atoms with Gasteiger partial charge < -0.3 is 9.80 Å². The van der Waals surface area contributed by atoms with E-state index >= 15 is 0 Å². The Morgan fingerprint density at radius 2 is 1.00 bits per heavy atom. The summed E-state index contributed by atoms with van der Waals surface area (Å²) in [7, 11) is 0. The van der Waals surface area contributed by atoms with Gasteiger partial charge >= 0.3 is 0 Å². The Bertz CT molecular complexity index is 3030. The number of anilines is 6. The van der Waals surface area contributed by atoms with E-state index < -0.39 is 0 Å². The third-order valence-corrected chi connectivity index (χ3v) is 20.0. The van der Waals surface area contributed by atoms with Crippen LogP contribution >= 0.6 is 11.3 Å². The lowest BCUT2D eigenvalue weighted by Gasteiger charge is -2.52. The number of thiophene rings is 1. The first kappa shape index (κ1) is 42.1. The molecule has 0 unspecified atom stereocenters. The molecule has 4 heteroatoms. The van der Waals surface area contributed by atoms with Gasteiger partial charge in [0.2, 0.25) is 0 Å². The SMILES string of the molecule is Cc1cc2c3c(c1)N(c1ccc(C(C)(C)C)cc1)c1c(sc4cc5c(cc14)C1(C)CCC5(C)CC1)B3c1cc3c(cc1N2c1ccc2c(c1)C(C)(C)CCC2(C)C)C(C)(C)CCC3(C)C. The summed E-state index contributed by atoms with van der Waals surface area (Å²) in [5, 5.41) is 1.44. The zero-order valence-electron chi connectivity index (χ0n) is 42.0. The quantitative estimate of drug-likeness (QED) is 0.160. The third kappa shape index (κ3) is 5.83. The number of hydrogen-bond donors (Lipinski definition) is 0. The molecule has 2 bridgehead atoms. The monoisotopic (exact) mass is 875 g/mol. The first-order valence-electron chi connectivity index (χ1n) is 25.2. The number of aryl methyl sites for hydroxylation is 1. The zero-order valence-corrected chi connectivity index (χ0v) is 42.9. The highest BCUT2D eigenvalue weighted by molar-refractivity contribution is 7.33. The fraction of sp³-hybridized carbons (Fsp3) is 0.475. The average Bonchev–Trinajstić information content (AvgIpc) is 3.62. The van der Waals surface area contributed by atoms with Crippen LogP contribution in [0.2, 0.25) is 0 Å². The molecule has 1 aromatic heterocycles. The molecular weight excluding hydrogens is 804 g/mol. The molecule has 0 spiro atoms. The first-order valence-corrected chi connectivity index (χ1v) is 26.0. The van der Waals surface area contributed by atoms with Crippen LogP contribution < -0.4 is 25.5 Å². The van der Waals surface area contributed by atoms with Gasteiger partial charge in [0, 0.05) is 43.3 Å². The van der Waals surface area contributed by atoms with Crippen molar-refractivity contribution < 1.29 is 0 Å². The predicted molar refractivity (Wildman–Crippen MR) is 283 cm³/mol. The highest BCUT2D eigenvalue weighted by Gasteiger charge is 2.51. The van der Waals surface area contributed by atoms with Crippen molar-refractivity contribution in [1.82, 2.24) is 0 Å². The van der Waals surface area contributed by atoms with Gasteiger partial charge in [0.15, 0.2) is 0 Å². The molecular formula is C61H71BN2S. The molecule has 0 N–H and O–H groups in total. The van der Waals surface area contributed by atoms with Crippen molar-refractivity contribution >= 4 is 78.0 Å². The molecule has 7 aliphatic rings. The molecule has 2 aliphatic heterocycles. The van der Waals surface area contributed by atoms with Crippen LogP contribution in [0.1, 0.15) is 186 Å². The lowest BCUT2D eigenvalue weighted by molar-refractivity contribution is 0.188. The second-order valence-electron chi connectivity index (χ2n) is 26.2. The summed E-state index contributed by atoms with van der Waals surface area (Å²) in [6.45, 7) is 34.5. The maximum Gasteiger partial charge on any atom is 0.264 e. The predicted octanol–water partition coefficient (Wildman–Crippen LogP) is 15.4. The van der Waals surface area contributed by atoms with Gasteiger partial charge in [-0.1, -0.05) is 114 Å². The Hall–Kier alpha value is -4.28. The van der Waals surface area contributed by atoms with Gasteiger partial charge in [-0.2, -0.15) is 0 Å². The molecule has 13 rings (SSSR count). The van der Waals surface area contributed by atoms with Crippen molar-refractivity contribution in [2.45, 2.75) is 186 Å². The van der Waals surface area contributed by atoms with Crippen LogP contribution in [0.25, 0.3) is 10.1 Å². The molecule has 3 heterocycles. The minimum absolute atomic E-state index is 0.0720. The largest absolute Gasteiger partial charge is 0.311 e. The van der Waals surface area contributed by atoms with Crippen LogP contribution in [0, 0.1) is 6.92 Å². The fourth-order valence-electron chi connectivity index (χ4n) is 14.0. The van der Waals surface area contributed by atoms with E-state index in [9.17, 15) is 0 Å². The van der Waals surface area contributed by atoms with E-state index in [0.717, 1.165) is 0 Å². The molecule has 0 radical (unpaired) electrons. The summed E-state index contributed by atoms with van der Waals surface area (Å²) in [4.78, 5) is 5.44. The molecule has 6 aromatic rings. The number of benzene rings is 5. The Balaban J connectivity index is 1.20. The summed E-state index contributed by atoms with van der Waals surface area (Å²) < 4.78 is 2.96. The Morgan fingerprint density at radius 3 is 1.58 bits per heavy atom. The fourth-order valence-corrected chi connectivity index (χ4v) is 15.3. The Kier molecular flexibility index (Phi) is 8.44. The lowest BCUT2D eigenvalue weighted by Crippen LogP contribution is -2.61. The molecule has 1 saturated carbocycles. The number of rotatable bonds is 2. The number of nitrogens with zero attached hydrogens (tertiary/aromatic N) is 2. The molecule has 5 aromatic carbocycles. The minimum Gasteiger partial charge on any atom is -0.311 e. The number of hydrogen-bond acceptors (Lipinski definition) is 3. The summed E-state index contributed by atoms with van der Waals surface area (Å²) in [6, 6.07) is 33.1. The standard InChI is InChI=1S/C61H71BN2S/c1-36-29-49-52-50(30-36)64(38-17-15-37(16-18-38)55(2,3)4)53-40-32-45-46(61(14)27-25-60(45,13)26-28-61)35-51(40)65-54(53)62(52)47-33-43-44(59(11,12)24-23-58(43,9)10)34-48(47)63(49)39-19-20-41-42(31-39)57(7,8)22-21-56(41,5)6/h15-20,29-35H,21-28H2,1-14H3. The highest BCUT2D eigenvalue weighted by Crippen LogP contribution is 2.59. The Labute approximate surface area is 395 Å². The minimum atomic E-state index is 0.0720. The van der Waals surface area contributed by atoms with Crippen LogP contribution in [0.15, 0.2) is 78.9 Å². The third-order valence-electron chi connectivity index (χ3n) is 18.8. The Morgan fingerprint density at radius 1 is 0.492 bits per heavy atom. The second-order valence-corrected chi connectivity index (χ2v) is 27.3. The summed E-state index contributed by atoms with van der Waals surface area (Å²) in [6.07, 6.45) is 9.99. The van der Waals surface area contributed by atoms with E-state index in [2.05, 4.69) is 197 Å². The zero-order chi connectivity index (χ0) is 45.8. The molecule has 334 valence electrons. The van der Waals surface area contributed by atoms with Crippen LogP contribution in [-0.2, 0) is 37.9 Å². The van der Waals surface area contributed by atoms with Gasteiger partial charge in [-0.25, -0.2) is 0 Å². The molecule has 1 fully saturated rings. The molecule has 2 nitrogen and oxygen atoms in total. The summed E-state index contributed by atoms with van der Waals surface area (Å²) in [5.41, 5.74) is 24.0. The van der Waals surface area contributed by atoms with E-state index in [1.54, 1.807) is 16.7 Å². The molecule has 0 amide bonds. The van der Waals surface area contributed by atoms with E-state index in [0.29, 0.717) is 0 Å². The van der Waals surface area contributed by atoms with Crippen molar-refractivity contribution in [1.29, 1.82) is 0 Å². The topological polar surface area (TPSA) is 6.48 Å². The van der Waals surface area contributed by atoms with E-state index in [-0.39, 0.29) is 44.6 Å². The van der Waals surface area contributed by atoms with Crippen LogP contribution in [0.3, 0.4) is 0 Å². The average molecular weight is 875 g/mol. The molecule has 65 heavy (non-hydrogen) atoms. The lowest BCUT2D eigenvalue weighted by atomic mass is 9.35. The van der Waals surface area contributed by atoms with Gasteiger partial charge in [0.05, 0.1) is 5.69 Å². The van der Waals surface area contributed by atoms with Gasteiger partial charge in [-0.15, -0.1) is 11.3 Å². The summed E-state index contributed by atoms with van der Waals surface area (Å²) in [5.74, 6) is 0. The normalized spacial score (nSPS) is 24.8. The van der Waals surface area contributed by atoms with Crippen molar-refractivity contribution in [2.75, 3.05) is 9.80 Å². The van der Waals surface area contributed by atoms with Crippen LogP contribution in [0.4, 0.5) is 34.1 Å². The number of fused-ring (bicyclic) bond motifs is 10. The molecule has 5 aliphatic carbocycles. The maximum atomic E-state index is 2.73. The highest BCUT2D eigenvalue weighted by atomic mass is 32.1. The smallest absolute Gasteiger partial charge is 0.264 e. The van der Waals surface area contributed by atoms with Crippen molar-refractivity contribution in [2.24, 2.45) is 0 Å². The van der Waals surface area contributed by atoms with Crippen LogP contribution in [0.5, 0.6) is 0 Å². The maximum absolute atomic E-state index is 2.73. The van der Waals surface area contributed by atoms with Crippen molar-refractivity contribution in [3.63, 3.8) is 0 Å². The van der Waals surface area contributed by atoms with Crippen LogP contribution in [-0.4, -0.2) is 6.71 Å². The summed E-state index contributed by atoms with van der Waals surface area (Å²) >= 11 is 2.10. The molecule has 0 atom stereocenters. The van der Waals surface area contributed by atoms with Gasteiger partial charge in [-0.05, 0) is 206 Å².